The number of unbranched alkanes of at least 4 members (excludes halogenated alkanes) is 2. The van der Waals surface area contributed by atoms with E-state index in [1.54, 1.807) is 27.9 Å². The molecule has 0 aliphatic carbocycles. The Labute approximate surface area is 309 Å². The standard InChI is InChI=1S/C32H43N17O5/c1-8-12-14-20-22(40-42-26-18(16-35-46(26)5)28(50)53-10-3)24(33)48(44-20)30-37-31(39-32(38-30)52-7)49-25(34)23(21(45-49)15-13-9-2)41-43-27-19(17-36-47(27)6)29(51)54-11-4/h16-17H,8-15,33-34H2,1-7H3. The lowest BCUT2D eigenvalue weighted by molar-refractivity contribution is 0.0517. The molecule has 22 nitrogen and oxygen atoms in total. The Kier molecular flexibility index (Phi) is 12.4. The Morgan fingerprint density at radius 1 is 0.685 bits per heavy atom. The highest BCUT2D eigenvalue weighted by Crippen LogP contribution is 2.35. The van der Waals surface area contributed by atoms with E-state index in [0.29, 0.717) is 24.2 Å². The second-order valence-corrected chi connectivity index (χ2v) is 11.7. The minimum Gasteiger partial charge on any atom is -0.467 e. The third kappa shape index (κ3) is 8.05. The molecule has 5 rings (SSSR count). The molecule has 0 bridgehead atoms. The van der Waals surface area contributed by atoms with Crippen LogP contribution in [0.25, 0.3) is 11.9 Å². The summed E-state index contributed by atoms with van der Waals surface area (Å²) < 4.78 is 21.1. The van der Waals surface area contributed by atoms with Crippen molar-refractivity contribution >= 4 is 46.6 Å². The van der Waals surface area contributed by atoms with Gasteiger partial charge in [0.2, 0.25) is 0 Å². The first-order chi connectivity index (χ1) is 26.1. The summed E-state index contributed by atoms with van der Waals surface area (Å²) in [6.07, 6.45) is 6.99. The van der Waals surface area contributed by atoms with Gasteiger partial charge >= 0.3 is 17.9 Å². The van der Waals surface area contributed by atoms with Crippen LogP contribution >= 0.6 is 0 Å². The van der Waals surface area contributed by atoms with Crippen LogP contribution in [-0.2, 0) is 36.4 Å². The minimum absolute atomic E-state index is 0.0246. The van der Waals surface area contributed by atoms with Crippen LogP contribution < -0.4 is 16.2 Å². The van der Waals surface area contributed by atoms with Crippen molar-refractivity contribution in [3.8, 4) is 17.9 Å². The molecule has 5 aromatic rings. The molecule has 54 heavy (non-hydrogen) atoms. The largest absolute Gasteiger partial charge is 0.467 e. The summed E-state index contributed by atoms with van der Waals surface area (Å²) in [6.45, 7) is 7.85. The van der Waals surface area contributed by atoms with Crippen molar-refractivity contribution in [1.29, 1.82) is 0 Å². The number of esters is 2. The first-order valence-corrected chi connectivity index (χ1v) is 17.3. The lowest BCUT2D eigenvalue weighted by Crippen LogP contribution is -2.14. The summed E-state index contributed by atoms with van der Waals surface area (Å²) in [5, 5.41) is 35.1. The van der Waals surface area contributed by atoms with Crippen molar-refractivity contribution in [1.82, 2.24) is 54.1 Å². The first-order valence-electron chi connectivity index (χ1n) is 17.3. The molecule has 0 unspecified atom stereocenters. The van der Waals surface area contributed by atoms with E-state index >= 15 is 0 Å². The number of methoxy groups -OCH3 is 1. The van der Waals surface area contributed by atoms with Gasteiger partial charge in [-0.3, -0.25) is 0 Å². The Balaban J connectivity index is 1.59. The van der Waals surface area contributed by atoms with Crippen LogP contribution in [0.5, 0.6) is 6.01 Å². The Morgan fingerprint density at radius 3 is 1.48 bits per heavy atom. The molecule has 4 N–H and O–H groups in total. The van der Waals surface area contributed by atoms with Crippen LogP contribution in [0.1, 0.15) is 85.5 Å². The van der Waals surface area contributed by atoms with Crippen LogP contribution in [-0.4, -0.2) is 86.3 Å². The summed E-state index contributed by atoms with van der Waals surface area (Å²) in [5.41, 5.74) is 15.1. The van der Waals surface area contributed by atoms with Gasteiger partial charge in [-0.25, -0.2) is 19.0 Å². The first kappa shape index (κ1) is 38.6. The molecule has 0 spiro atoms. The van der Waals surface area contributed by atoms with Gasteiger partial charge in [-0.15, -0.1) is 20.5 Å². The van der Waals surface area contributed by atoms with E-state index in [2.05, 4.69) is 45.6 Å². The van der Waals surface area contributed by atoms with Crippen LogP contribution in [0, 0.1) is 0 Å². The third-order valence-corrected chi connectivity index (χ3v) is 7.91. The maximum Gasteiger partial charge on any atom is 0.343 e. The van der Waals surface area contributed by atoms with Crippen molar-refractivity contribution in [3.63, 3.8) is 0 Å². The van der Waals surface area contributed by atoms with Crippen LogP contribution in [0.2, 0.25) is 0 Å². The maximum absolute atomic E-state index is 12.5. The van der Waals surface area contributed by atoms with Crippen molar-refractivity contribution < 1.29 is 23.8 Å². The van der Waals surface area contributed by atoms with Gasteiger partial charge in [0, 0.05) is 14.1 Å². The number of carbonyl (C=O) groups is 2. The molecule has 286 valence electrons. The Hall–Kier alpha value is -6.61. The Morgan fingerprint density at radius 2 is 1.11 bits per heavy atom. The van der Waals surface area contributed by atoms with Crippen molar-refractivity contribution in [3.05, 3.63) is 34.9 Å². The van der Waals surface area contributed by atoms with Crippen LogP contribution in [0.4, 0.5) is 34.6 Å². The fourth-order valence-electron chi connectivity index (χ4n) is 5.10. The summed E-state index contributed by atoms with van der Waals surface area (Å²) in [4.78, 5) is 38.5. The van der Waals surface area contributed by atoms with Gasteiger partial charge in [-0.2, -0.15) is 44.7 Å². The molecular formula is C32H43N17O5. The molecule has 0 atom stereocenters. The fraction of sp³-hybridized carbons (Fsp3) is 0.469. The number of nitrogen functional groups attached to an aromatic ring is 2. The van der Waals surface area contributed by atoms with Gasteiger partial charge in [0.25, 0.3) is 11.9 Å². The monoisotopic (exact) mass is 745 g/mol. The molecule has 0 radical (unpaired) electrons. The summed E-state index contributed by atoms with van der Waals surface area (Å²) >= 11 is 0. The Bertz CT molecular complexity index is 2030. The predicted molar refractivity (Wildman–Crippen MR) is 193 cm³/mol. The zero-order chi connectivity index (χ0) is 38.9. The maximum atomic E-state index is 12.5. The molecule has 0 saturated heterocycles. The summed E-state index contributed by atoms with van der Waals surface area (Å²) in [6, 6.07) is -0.0840. The number of hydrogen-bond donors (Lipinski definition) is 2. The van der Waals surface area contributed by atoms with E-state index in [1.165, 1.54) is 38.2 Å². The zero-order valence-electron chi connectivity index (χ0n) is 31.2. The van der Waals surface area contributed by atoms with E-state index in [0.717, 1.165) is 25.7 Å². The molecule has 0 aliphatic heterocycles. The van der Waals surface area contributed by atoms with E-state index < -0.39 is 11.9 Å². The van der Waals surface area contributed by atoms with Crippen LogP contribution in [0.3, 0.4) is 0 Å². The lowest BCUT2D eigenvalue weighted by Gasteiger charge is -2.08. The number of ether oxygens (including phenoxy) is 3. The summed E-state index contributed by atoms with van der Waals surface area (Å²) in [5.74, 6) is -0.753. The number of hydrogen-bond acceptors (Lipinski definition) is 18. The van der Waals surface area contributed by atoms with E-state index in [1.807, 2.05) is 13.8 Å². The summed E-state index contributed by atoms with van der Waals surface area (Å²) in [7, 11) is 4.65. The van der Waals surface area contributed by atoms with Gasteiger partial charge in [0.15, 0.2) is 34.6 Å². The highest BCUT2D eigenvalue weighted by Gasteiger charge is 2.25. The smallest absolute Gasteiger partial charge is 0.343 e. The number of carbonyl (C=O) groups excluding carboxylic acids is 2. The van der Waals surface area contributed by atoms with Gasteiger partial charge in [0.05, 0.1) is 44.1 Å². The van der Waals surface area contributed by atoms with Crippen molar-refractivity contribution in [2.45, 2.75) is 66.2 Å². The number of anilines is 2. The number of nitrogens with two attached hydrogens (primary N) is 2. The van der Waals surface area contributed by atoms with Crippen molar-refractivity contribution in [2.24, 2.45) is 34.6 Å². The van der Waals surface area contributed by atoms with Gasteiger partial charge in [0.1, 0.15) is 11.1 Å². The fourth-order valence-corrected chi connectivity index (χ4v) is 5.10. The molecule has 0 aromatic carbocycles. The van der Waals surface area contributed by atoms with Gasteiger partial charge < -0.3 is 25.7 Å². The molecule has 0 amide bonds. The molecule has 0 aliphatic rings. The van der Waals surface area contributed by atoms with Gasteiger partial charge in [-0.05, 0) is 39.5 Å². The SMILES string of the molecule is CCCCc1nn(-c2nc(OC)nc(-n3nc(CCCC)c(N=Nc4c(C(=O)OCC)cnn4C)c3N)n2)c(N)c1N=Nc1c(C(=O)OCC)cnn1C. The normalized spacial score (nSPS) is 11.6. The number of nitrogens with zero attached hydrogens (tertiary/aromatic N) is 15. The molecule has 0 saturated carbocycles. The second-order valence-electron chi connectivity index (χ2n) is 11.7. The second kappa shape index (κ2) is 17.3. The van der Waals surface area contributed by atoms with Crippen LogP contribution in [0.15, 0.2) is 32.9 Å². The van der Waals surface area contributed by atoms with E-state index in [4.69, 9.17) is 35.9 Å². The molecular weight excluding hydrogens is 702 g/mol. The number of azo groups is 2. The predicted octanol–water partition coefficient (Wildman–Crippen LogP) is 4.75. The number of aryl methyl sites for hydroxylation is 4. The number of rotatable bonds is 17. The minimum atomic E-state index is -0.585. The quantitative estimate of drug-likeness (QED) is 0.0960. The molecule has 22 heteroatoms. The molecule has 5 aromatic heterocycles. The highest BCUT2D eigenvalue weighted by atomic mass is 16.5. The average Bonchev–Trinajstić information content (AvgIpc) is 3.90. The topological polar surface area (TPSA) is 273 Å². The average molecular weight is 746 g/mol. The lowest BCUT2D eigenvalue weighted by atomic mass is 10.2. The third-order valence-electron chi connectivity index (χ3n) is 7.91. The molecule has 5 heterocycles. The zero-order valence-corrected chi connectivity index (χ0v) is 31.2. The van der Waals surface area contributed by atoms with E-state index in [9.17, 15) is 9.59 Å². The highest BCUT2D eigenvalue weighted by molar-refractivity contribution is 5.94. The van der Waals surface area contributed by atoms with E-state index in [-0.39, 0.29) is 76.9 Å². The van der Waals surface area contributed by atoms with Gasteiger partial charge in [-0.1, -0.05) is 26.7 Å². The van der Waals surface area contributed by atoms with Crippen molar-refractivity contribution in [2.75, 3.05) is 31.8 Å². The molecule has 0 fully saturated rings. The number of aromatic nitrogens is 11.